The van der Waals surface area contributed by atoms with Gasteiger partial charge in [-0.2, -0.15) is 0 Å². The first kappa shape index (κ1) is 16.5. The topological polar surface area (TPSA) is 41.1 Å². The molecular weight excluding hydrogens is 248 g/mol. The highest BCUT2D eigenvalue weighted by Gasteiger charge is 2.03. The minimum absolute atomic E-state index is 0.0509. The molecule has 1 unspecified atom stereocenters. The van der Waals surface area contributed by atoms with E-state index in [1.807, 2.05) is 12.1 Å². The van der Waals surface area contributed by atoms with E-state index in [4.69, 9.17) is 0 Å². The zero-order valence-corrected chi connectivity index (χ0v) is 13.0. The Morgan fingerprint density at radius 3 is 2.45 bits per heavy atom. The van der Waals surface area contributed by atoms with Crippen molar-refractivity contribution in [2.24, 2.45) is 0 Å². The van der Waals surface area contributed by atoms with Crippen molar-refractivity contribution in [1.82, 2.24) is 5.32 Å². The third kappa shape index (κ3) is 6.60. The minimum Gasteiger partial charge on any atom is -0.383 e. The fraction of sp³-hybridized carbons (Fsp3) is 0.588. The fourth-order valence-corrected chi connectivity index (χ4v) is 2.23. The van der Waals surface area contributed by atoms with E-state index >= 15 is 0 Å². The molecule has 1 aromatic rings. The Morgan fingerprint density at radius 2 is 1.85 bits per heavy atom. The van der Waals surface area contributed by atoms with Crippen molar-refractivity contribution in [3.05, 3.63) is 29.8 Å². The van der Waals surface area contributed by atoms with Crippen LogP contribution in [0.5, 0.6) is 0 Å². The van der Waals surface area contributed by atoms with E-state index in [1.54, 1.807) is 7.05 Å². The number of unbranched alkanes of at least 4 members (excludes halogenated alkanes) is 3. The predicted octanol–water partition coefficient (Wildman–Crippen LogP) is 3.75. The van der Waals surface area contributed by atoms with Gasteiger partial charge in [0.15, 0.2) is 0 Å². The maximum absolute atomic E-state index is 11.3. The normalized spacial score (nSPS) is 11.9. The molecule has 0 saturated carbocycles. The van der Waals surface area contributed by atoms with Crippen LogP contribution in [0.1, 0.15) is 51.5 Å². The van der Waals surface area contributed by atoms with Crippen molar-refractivity contribution < 1.29 is 4.79 Å². The van der Waals surface area contributed by atoms with Crippen LogP contribution in [-0.2, 0) is 11.2 Å². The van der Waals surface area contributed by atoms with Crippen molar-refractivity contribution in [3.8, 4) is 0 Å². The van der Waals surface area contributed by atoms with E-state index in [2.05, 4.69) is 36.6 Å². The minimum atomic E-state index is 0.0509. The second-order valence-electron chi connectivity index (χ2n) is 5.44. The first-order valence-corrected chi connectivity index (χ1v) is 7.71. The number of hydrogen-bond donors (Lipinski definition) is 2. The van der Waals surface area contributed by atoms with Crippen LogP contribution in [0.2, 0.25) is 0 Å². The van der Waals surface area contributed by atoms with Gasteiger partial charge in [0.05, 0.1) is 6.42 Å². The SMILES string of the molecule is CCCCCCC(C)Nc1ccc(CC(=O)NC)cc1. The number of carbonyl (C=O) groups excluding carboxylic acids is 1. The molecule has 0 aliphatic heterocycles. The smallest absolute Gasteiger partial charge is 0.224 e. The van der Waals surface area contributed by atoms with Crippen LogP contribution in [0, 0.1) is 0 Å². The third-order valence-electron chi connectivity index (χ3n) is 3.50. The maximum atomic E-state index is 11.3. The van der Waals surface area contributed by atoms with E-state index in [-0.39, 0.29) is 5.91 Å². The van der Waals surface area contributed by atoms with E-state index < -0.39 is 0 Å². The summed E-state index contributed by atoms with van der Waals surface area (Å²) in [6.07, 6.45) is 6.89. The third-order valence-corrected chi connectivity index (χ3v) is 3.50. The maximum Gasteiger partial charge on any atom is 0.224 e. The van der Waals surface area contributed by atoms with Gasteiger partial charge in [0.1, 0.15) is 0 Å². The summed E-state index contributed by atoms with van der Waals surface area (Å²) in [7, 11) is 1.67. The quantitative estimate of drug-likeness (QED) is 0.674. The van der Waals surface area contributed by atoms with Gasteiger partial charge in [-0.15, -0.1) is 0 Å². The van der Waals surface area contributed by atoms with Gasteiger partial charge in [0.2, 0.25) is 5.91 Å². The lowest BCUT2D eigenvalue weighted by molar-refractivity contribution is -0.119. The summed E-state index contributed by atoms with van der Waals surface area (Å²) in [5, 5.41) is 6.15. The Bertz CT molecular complexity index is 386. The fourth-order valence-electron chi connectivity index (χ4n) is 2.23. The molecule has 1 atom stereocenters. The summed E-state index contributed by atoms with van der Waals surface area (Å²) < 4.78 is 0. The molecule has 0 heterocycles. The standard InChI is InChI=1S/C17H28N2O/c1-4-5-6-7-8-14(2)19-16-11-9-15(10-12-16)13-17(20)18-3/h9-12,14,19H,4-8,13H2,1-3H3,(H,18,20). The Hall–Kier alpha value is -1.51. The molecule has 0 aromatic heterocycles. The monoisotopic (exact) mass is 276 g/mol. The van der Waals surface area contributed by atoms with Crippen molar-refractivity contribution in [3.63, 3.8) is 0 Å². The molecule has 1 amide bonds. The number of nitrogens with one attached hydrogen (secondary N) is 2. The van der Waals surface area contributed by atoms with Crippen LogP contribution in [0.4, 0.5) is 5.69 Å². The number of amides is 1. The first-order valence-electron chi connectivity index (χ1n) is 7.71. The van der Waals surface area contributed by atoms with Gasteiger partial charge in [-0.05, 0) is 31.0 Å². The van der Waals surface area contributed by atoms with E-state index in [0.29, 0.717) is 12.5 Å². The molecule has 112 valence electrons. The largest absolute Gasteiger partial charge is 0.383 e. The Labute approximate surface area is 123 Å². The van der Waals surface area contributed by atoms with Crippen LogP contribution < -0.4 is 10.6 Å². The number of rotatable bonds is 9. The Morgan fingerprint density at radius 1 is 1.15 bits per heavy atom. The van der Waals surface area contributed by atoms with Gasteiger partial charge in [-0.25, -0.2) is 0 Å². The number of likely N-dealkylation sites (N-methyl/N-ethyl adjacent to an activating group) is 1. The molecule has 0 aliphatic carbocycles. The molecule has 1 aromatic carbocycles. The summed E-state index contributed by atoms with van der Waals surface area (Å²) in [4.78, 5) is 11.3. The summed E-state index contributed by atoms with van der Waals surface area (Å²) in [6.45, 7) is 4.46. The first-order chi connectivity index (χ1) is 9.65. The average molecular weight is 276 g/mol. The van der Waals surface area contributed by atoms with Crippen LogP contribution in [-0.4, -0.2) is 19.0 Å². The number of benzene rings is 1. The molecule has 0 radical (unpaired) electrons. The molecule has 2 N–H and O–H groups in total. The summed E-state index contributed by atoms with van der Waals surface area (Å²) in [5.74, 6) is 0.0509. The lowest BCUT2D eigenvalue weighted by atomic mass is 10.1. The summed E-state index contributed by atoms with van der Waals surface area (Å²) in [5.41, 5.74) is 2.18. The van der Waals surface area contributed by atoms with Crippen molar-refractivity contribution >= 4 is 11.6 Å². The summed E-state index contributed by atoms with van der Waals surface area (Å²) >= 11 is 0. The Kier molecular flexibility index (Phi) is 7.78. The number of hydrogen-bond acceptors (Lipinski definition) is 2. The lowest BCUT2D eigenvalue weighted by Crippen LogP contribution is -2.20. The highest BCUT2D eigenvalue weighted by atomic mass is 16.1. The van der Waals surface area contributed by atoms with Gasteiger partial charge in [-0.1, -0.05) is 44.7 Å². The van der Waals surface area contributed by atoms with Crippen molar-refractivity contribution in [1.29, 1.82) is 0 Å². The van der Waals surface area contributed by atoms with Crippen molar-refractivity contribution in [2.75, 3.05) is 12.4 Å². The average Bonchev–Trinajstić information content (AvgIpc) is 2.45. The molecule has 0 saturated heterocycles. The van der Waals surface area contributed by atoms with Crippen LogP contribution in [0.3, 0.4) is 0 Å². The van der Waals surface area contributed by atoms with Gasteiger partial charge >= 0.3 is 0 Å². The van der Waals surface area contributed by atoms with Gasteiger partial charge in [0, 0.05) is 18.8 Å². The molecule has 3 heteroatoms. The summed E-state index contributed by atoms with van der Waals surface area (Å²) in [6, 6.07) is 8.64. The van der Waals surface area contributed by atoms with E-state index in [0.717, 1.165) is 11.3 Å². The molecular formula is C17H28N2O. The zero-order chi connectivity index (χ0) is 14.8. The second-order valence-corrected chi connectivity index (χ2v) is 5.44. The van der Waals surface area contributed by atoms with Crippen molar-refractivity contribution in [2.45, 2.75) is 58.4 Å². The number of carbonyl (C=O) groups is 1. The second kappa shape index (κ2) is 9.40. The highest BCUT2D eigenvalue weighted by molar-refractivity contribution is 5.78. The zero-order valence-electron chi connectivity index (χ0n) is 13.0. The van der Waals surface area contributed by atoms with Gasteiger partial charge in [0.25, 0.3) is 0 Å². The highest BCUT2D eigenvalue weighted by Crippen LogP contribution is 2.14. The molecule has 0 spiro atoms. The van der Waals surface area contributed by atoms with Crippen LogP contribution in [0.15, 0.2) is 24.3 Å². The molecule has 20 heavy (non-hydrogen) atoms. The molecule has 1 rings (SSSR count). The van der Waals surface area contributed by atoms with Gasteiger partial charge < -0.3 is 10.6 Å². The number of anilines is 1. The van der Waals surface area contributed by atoms with Crippen LogP contribution >= 0.6 is 0 Å². The van der Waals surface area contributed by atoms with E-state index in [9.17, 15) is 4.79 Å². The lowest BCUT2D eigenvalue weighted by Gasteiger charge is -2.15. The van der Waals surface area contributed by atoms with E-state index in [1.165, 1.54) is 32.1 Å². The molecule has 0 bridgehead atoms. The predicted molar refractivity (Wildman–Crippen MR) is 86.1 cm³/mol. The Balaban J connectivity index is 2.35. The molecule has 0 aliphatic rings. The van der Waals surface area contributed by atoms with Crippen LogP contribution in [0.25, 0.3) is 0 Å². The molecule has 0 fully saturated rings. The molecule has 3 nitrogen and oxygen atoms in total. The van der Waals surface area contributed by atoms with Gasteiger partial charge in [-0.3, -0.25) is 4.79 Å².